The molecular formula is C18H11FN2O3. The van der Waals surface area contributed by atoms with E-state index in [9.17, 15) is 14.5 Å². The molecule has 24 heavy (non-hydrogen) atoms. The predicted octanol–water partition coefficient (Wildman–Crippen LogP) is 3.88. The first-order chi connectivity index (χ1) is 11.5. The Morgan fingerprint density at radius 1 is 1.33 bits per heavy atom. The molecule has 0 amide bonds. The third-order valence-electron chi connectivity index (χ3n) is 3.13. The van der Waals surface area contributed by atoms with Crippen molar-refractivity contribution in [2.24, 2.45) is 0 Å². The van der Waals surface area contributed by atoms with Crippen molar-refractivity contribution in [1.82, 2.24) is 4.98 Å². The summed E-state index contributed by atoms with van der Waals surface area (Å²) >= 11 is 0. The lowest BCUT2D eigenvalue weighted by Gasteiger charge is -2.10. The van der Waals surface area contributed by atoms with Gasteiger partial charge in [0.15, 0.2) is 11.6 Å². The van der Waals surface area contributed by atoms with Crippen molar-refractivity contribution >= 4 is 11.8 Å². The second kappa shape index (κ2) is 7.08. The predicted molar refractivity (Wildman–Crippen MR) is 87.7 cm³/mol. The summed E-state index contributed by atoms with van der Waals surface area (Å²) in [5.41, 5.74) is 1.03. The highest BCUT2D eigenvalue weighted by Crippen LogP contribution is 2.30. The van der Waals surface area contributed by atoms with E-state index in [1.165, 1.54) is 18.3 Å². The number of pyridine rings is 1. The second-order valence-electron chi connectivity index (χ2n) is 4.64. The zero-order valence-corrected chi connectivity index (χ0v) is 12.6. The molecule has 0 fully saturated rings. The van der Waals surface area contributed by atoms with Crippen LogP contribution in [0.25, 0.3) is 6.08 Å². The first kappa shape index (κ1) is 16.7. The zero-order valence-electron chi connectivity index (χ0n) is 12.6. The van der Waals surface area contributed by atoms with Crippen molar-refractivity contribution in [1.29, 1.82) is 0 Å². The number of nitrogens with zero attached hydrogens (tertiary/aromatic N) is 2. The molecular weight excluding hydrogens is 311 g/mol. The molecule has 2 rings (SSSR count). The van der Waals surface area contributed by atoms with Crippen molar-refractivity contribution in [2.45, 2.75) is 6.92 Å². The lowest BCUT2D eigenvalue weighted by Crippen LogP contribution is -1.96. The van der Waals surface area contributed by atoms with E-state index in [0.717, 1.165) is 12.1 Å². The van der Waals surface area contributed by atoms with Crippen LogP contribution in [0.4, 0.5) is 10.1 Å². The van der Waals surface area contributed by atoms with Gasteiger partial charge in [0.2, 0.25) is 0 Å². The fourth-order valence-electron chi connectivity index (χ4n) is 1.86. The Balaban J connectivity index is 2.39. The van der Waals surface area contributed by atoms with E-state index in [0.29, 0.717) is 22.6 Å². The van der Waals surface area contributed by atoms with Gasteiger partial charge >= 0.3 is 0 Å². The summed E-state index contributed by atoms with van der Waals surface area (Å²) in [4.78, 5) is 14.1. The lowest BCUT2D eigenvalue weighted by atomic mass is 10.1. The number of allylic oxidation sites excluding steroid dienone is 1. The number of nitro benzene ring substituents is 1. The minimum absolute atomic E-state index is 0.140. The Morgan fingerprint density at radius 2 is 2.04 bits per heavy atom. The van der Waals surface area contributed by atoms with Gasteiger partial charge in [0.05, 0.1) is 22.3 Å². The fourth-order valence-corrected chi connectivity index (χ4v) is 1.86. The number of non-ortho nitro benzene ring substituents is 1. The van der Waals surface area contributed by atoms with Crippen molar-refractivity contribution in [2.75, 3.05) is 0 Å². The van der Waals surface area contributed by atoms with Crippen LogP contribution in [0.3, 0.4) is 0 Å². The first-order valence-corrected chi connectivity index (χ1v) is 6.68. The molecule has 0 saturated carbocycles. The Labute approximate surface area is 138 Å². The largest absolute Gasteiger partial charge is 0.454 e. The Morgan fingerprint density at radius 3 is 2.62 bits per heavy atom. The number of hydrogen-bond acceptors (Lipinski definition) is 4. The molecule has 0 aliphatic rings. The minimum Gasteiger partial charge on any atom is -0.454 e. The Kier molecular flexibility index (Phi) is 4.93. The summed E-state index contributed by atoms with van der Waals surface area (Å²) in [5, 5.41) is 10.6. The van der Waals surface area contributed by atoms with Crippen LogP contribution >= 0.6 is 0 Å². The standard InChI is InChI=1S/C18H11FN2O3/c1-4-13(5-2)10-16-12(3)17(8-9-20-16)24-18-7-6-14(21(22)23)11-15(18)19/h1-2,6-11H,3H3. The maximum Gasteiger partial charge on any atom is 0.272 e. The van der Waals surface area contributed by atoms with Gasteiger partial charge in [-0.15, -0.1) is 12.8 Å². The zero-order chi connectivity index (χ0) is 17.7. The van der Waals surface area contributed by atoms with E-state index in [1.807, 2.05) is 0 Å². The smallest absolute Gasteiger partial charge is 0.272 e. The van der Waals surface area contributed by atoms with E-state index in [-0.39, 0.29) is 11.4 Å². The molecule has 2 aromatic rings. The van der Waals surface area contributed by atoms with Crippen LogP contribution in [-0.4, -0.2) is 9.91 Å². The van der Waals surface area contributed by atoms with Crippen LogP contribution in [0.15, 0.2) is 36.0 Å². The Hall–Kier alpha value is -3.64. The lowest BCUT2D eigenvalue weighted by molar-refractivity contribution is -0.385. The molecule has 0 unspecified atom stereocenters. The molecule has 0 aliphatic heterocycles. The average Bonchev–Trinajstić information content (AvgIpc) is 2.57. The molecule has 1 aromatic carbocycles. The van der Waals surface area contributed by atoms with Crippen LogP contribution < -0.4 is 4.74 Å². The van der Waals surface area contributed by atoms with Gasteiger partial charge in [0.1, 0.15) is 5.75 Å². The van der Waals surface area contributed by atoms with Gasteiger partial charge in [-0.25, -0.2) is 4.39 Å². The number of benzene rings is 1. The molecule has 118 valence electrons. The van der Waals surface area contributed by atoms with Crippen LogP contribution in [0, 0.1) is 47.5 Å². The Bertz CT molecular complexity index is 905. The quantitative estimate of drug-likeness (QED) is 0.487. The molecule has 0 N–H and O–H groups in total. The van der Waals surface area contributed by atoms with Crippen molar-refractivity contribution in [3.63, 3.8) is 0 Å². The third kappa shape index (κ3) is 3.57. The van der Waals surface area contributed by atoms with Crippen LogP contribution in [-0.2, 0) is 0 Å². The average molecular weight is 322 g/mol. The highest BCUT2D eigenvalue weighted by atomic mass is 19.1. The highest BCUT2D eigenvalue weighted by molar-refractivity contribution is 5.65. The number of terminal acetylenes is 2. The van der Waals surface area contributed by atoms with E-state index in [2.05, 4.69) is 16.8 Å². The highest BCUT2D eigenvalue weighted by Gasteiger charge is 2.14. The molecule has 1 aromatic heterocycles. The molecule has 0 bridgehead atoms. The summed E-state index contributed by atoms with van der Waals surface area (Å²) in [6, 6.07) is 4.68. The molecule has 5 nitrogen and oxygen atoms in total. The molecule has 0 atom stereocenters. The number of halogens is 1. The molecule has 0 spiro atoms. The molecule has 6 heteroatoms. The number of hydrogen-bond donors (Lipinski definition) is 0. The van der Waals surface area contributed by atoms with Gasteiger partial charge in [-0.1, -0.05) is 11.8 Å². The third-order valence-corrected chi connectivity index (χ3v) is 3.13. The van der Waals surface area contributed by atoms with Crippen molar-refractivity contribution in [3.8, 4) is 36.2 Å². The fraction of sp³-hybridized carbons (Fsp3) is 0.0556. The summed E-state index contributed by atoms with van der Waals surface area (Å²) < 4.78 is 19.4. The molecule has 0 radical (unpaired) electrons. The van der Waals surface area contributed by atoms with Gasteiger partial charge in [0.25, 0.3) is 5.69 Å². The van der Waals surface area contributed by atoms with Crippen LogP contribution in [0.5, 0.6) is 11.5 Å². The number of nitro groups is 1. The second-order valence-corrected chi connectivity index (χ2v) is 4.64. The number of rotatable bonds is 4. The maximum atomic E-state index is 13.9. The molecule has 1 heterocycles. The van der Waals surface area contributed by atoms with Crippen LogP contribution in [0.1, 0.15) is 11.3 Å². The first-order valence-electron chi connectivity index (χ1n) is 6.68. The topological polar surface area (TPSA) is 65.3 Å². The van der Waals surface area contributed by atoms with E-state index < -0.39 is 10.7 Å². The van der Waals surface area contributed by atoms with E-state index in [1.54, 1.807) is 13.0 Å². The van der Waals surface area contributed by atoms with Gasteiger partial charge in [-0.05, 0) is 25.1 Å². The number of ether oxygens (including phenoxy) is 1. The minimum atomic E-state index is -0.842. The maximum absolute atomic E-state index is 13.9. The van der Waals surface area contributed by atoms with Crippen molar-refractivity contribution < 1.29 is 14.1 Å². The summed E-state index contributed by atoms with van der Waals surface area (Å²) in [7, 11) is 0. The van der Waals surface area contributed by atoms with Gasteiger partial charge in [-0.2, -0.15) is 0 Å². The normalized spacial score (nSPS) is 9.50. The molecule has 0 saturated heterocycles. The van der Waals surface area contributed by atoms with Gasteiger partial charge in [-0.3, -0.25) is 15.1 Å². The monoisotopic (exact) mass is 322 g/mol. The summed E-state index contributed by atoms with van der Waals surface area (Å²) in [5.74, 6) is 4.03. The van der Waals surface area contributed by atoms with Crippen LogP contribution in [0.2, 0.25) is 0 Å². The van der Waals surface area contributed by atoms with E-state index in [4.69, 9.17) is 17.6 Å². The van der Waals surface area contributed by atoms with Crippen molar-refractivity contribution in [3.05, 3.63) is 63.2 Å². The summed E-state index contributed by atoms with van der Waals surface area (Å²) in [6.45, 7) is 1.71. The van der Waals surface area contributed by atoms with Gasteiger partial charge < -0.3 is 4.74 Å². The van der Waals surface area contributed by atoms with Gasteiger partial charge in [0, 0.05) is 17.8 Å². The van der Waals surface area contributed by atoms with E-state index >= 15 is 0 Å². The number of aromatic nitrogens is 1. The molecule has 0 aliphatic carbocycles. The SMILES string of the molecule is C#CC(C#C)=Cc1nccc(Oc2ccc([N+](=O)[O-])cc2F)c1C. The summed E-state index contributed by atoms with van der Waals surface area (Å²) in [6.07, 6.45) is 13.6.